The number of fused-ring (bicyclic) bond motifs is 1. The molecule has 1 saturated carbocycles. The number of hydrogen-bond donors (Lipinski definition) is 1. The van der Waals surface area contributed by atoms with E-state index in [1.165, 1.54) is 7.11 Å². The van der Waals surface area contributed by atoms with Crippen LogP contribution in [0.1, 0.15) is 17.7 Å². The Morgan fingerprint density at radius 2 is 1.90 bits per heavy atom. The van der Waals surface area contributed by atoms with Crippen LogP contribution in [-0.2, 0) is 21.4 Å². The van der Waals surface area contributed by atoms with Gasteiger partial charge in [0, 0.05) is 24.2 Å². The first kappa shape index (κ1) is 19.9. The number of aromatic nitrogens is 3. The molecule has 4 rings (SSSR count). The van der Waals surface area contributed by atoms with Crippen LogP contribution in [0.2, 0.25) is 0 Å². The molecule has 156 valence electrons. The molecular weight excluding hydrogens is 384 g/mol. The van der Waals surface area contributed by atoms with Crippen molar-refractivity contribution in [1.29, 1.82) is 0 Å². The Morgan fingerprint density at radius 1 is 1.13 bits per heavy atom. The van der Waals surface area contributed by atoms with Crippen molar-refractivity contribution in [3.63, 3.8) is 0 Å². The Bertz CT molecular complexity index is 1170. The number of anilines is 1. The summed E-state index contributed by atoms with van der Waals surface area (Å²) in [6.45, 7) is 3.91. The fraction of sp³-hybridized carbons (Fsp3) is 0.364. The first-order valence-corrected chi connectivity index (χ1v) is 9.70. The van der Waals surface area contributed by atoms with Crippen LogP contribution in [0.5, 0.6) is 5.75 Å². The lowest BCUT2D eigenvalue weighted by Crippen LogP contribution is -2.18. The first-order chi connectivity index (χ1) is 14.3. The smallest absolute Gasteiger partial charge is 0.309 e. The average Bonchev–Trinajstić information content (AvgIpc) is 3.48. The van der Waals surface area contributed by atoms with E-state index in [0.717, 1.165) is 39.2 Å². The van der Waals surface area contributed by atoms with Crippen LogP contribution < -0.4 is 10.1 Å². The molecule has 0 spiro atoms. The van der Waals surface area contributed by atoms with E-state index in [1.54, 1.807) is 19.5 Å². The van der Waals surface area contributed by atoms with E-state index in [2.05, 4.69) is 15.3 Å². The highest BCUT2D eigenvalue weighted by Gasteiger charge is 2.49. The molecule has 0 aliphatic heterocycles. The van der Waals surface area contributed by atoms with Crippen molar-refractivity contribution in [3.05, 3.63) is 35.8 Å². The molecule has 1 fully saturated rings. The first-order valence-electron chi connectivity index (χ1n) is 9.70. The number of pyridine rings is 2. The van der Waals surface area contributed by atoms with Gasteiger partial charge in [0.05, 0.1) is 54.7 Å². The summed E-state index contributed by atoms with van der Waals surface area (Å²) in [7, 11) is 4.95. The Hall–Kier alpha value is -3.42. The zero-order valence-electron chi connectivity index (χ0n) is 17.6. The average molecular weight is 408 g/mol. The van der Waals surface area contributed by atoms with Crippen molar-refractivity contribution in [1.82, 2.24) is 14.5 Å². The third-order valence-corrected chi connectivity index (χ3v) is 5.67. The molecule has 1 aliphatic rings. The molecule has 3 aromatic rings. The van der Waals surface area contributed by atoms with Gasteiger partial charge in [0.15, 0.2) is 0 Å². The van der Waals surface area contributed by atoms with Gasteiger partial charge in [-0.3, -0.25) is 14.6 Å². The third kappa shape index (κ3) is 3.28. The van der Waals surface area contributed by atoms with Gasteiger partial charge in [-0.25, -0.2) is 4.98 Å². The van der Waals surface area contributed by atoms with Crippen molar-refractivity contribution in [3.8, 4) is 17.0 Å². The van der Waals surface area contributed by atoms with Crippen molar-refractivity contribution in [2.24, 2.45) is 18.9 Å². The van der Waals surface area contributed by atoms with Gasteiger partial charge in [0.25, 0.3) is 0 Å². The van der Waals surface area contributed by atoms with Crippen molar-refractivity contribution in [2.45, 2.75) is 20.3 Å². The van der Waals surface area contributed by atoms with E-state index in [0.29, 0.717) is 12.2 Å². The lowest BCUT2D eigenvalue weighted by Gasteiger charge is -2.14. The van der Waals surface area contributed by atoms with E-state index in [4.69, 9.17) is 9.47 Å². The van der Waals surface area contributed by atoms with Crippen LogP contribution >= 0.6 is 0 Å². The number of ether oxygens (including phenoxy) is 2. The van der Waals surface area contributed by atoms with Gasteiger partial charge in [0.2, 0.25) is 5.91 Å². The predicted molar refractivity (Wildman–Crippen MR) is 112 cm³/mol. The quantitative estimate of drug-likeness (QED) is 0.652. The molecule has 2 atom stereocenters. The van der Waals surface area contributed by atoms with Crippen LogP contribution in [0.15, 0.2) is 24.5 Å². The fourth-order valence-electron chi connectivity index (χ4n) is 3.90. The minimum absolute atomic E-state index is 0.214. The van der Waals surface area contributed by atoms with Crippen LogP contribution in [0.3, 0.4) is 0 Å². The van der Waals surface area contributed by atoms with Gasteiger partial charge in [-0.15, -0.1) is 0 Å². The molecule has 0 bridgehead atoms. The number of carbonyl (C=O) groups is 2. The van der Waals surface area contributed by atoms with Crippen molar-refractivity contribution >= 4 is 28.6 Å². The van der Waals surface area contributed by atoms with Gasteiger partial charge >= 0.3 is 5.97 Å². The number of nitrogens with one attached hydrogen (secondary N) is 1. The Labute approximate surface area is 174 Å². The van der Waals surface area contributed by atoms with Crippen LogP contribution in [0.4, 0.5) is 5.82 Å². The second-order valence-corrected chi connectivity index (χ2v) is 7.61. The number of nitrogens with zero attached hydrogens (tertiary/aromatic N) is 3. The number of carbonyl (C=O) groups excluding carboxylic acids is 2. The second kappa shape index (κ2) is 7.44. The monoisotopic (exact) mass is 408 g/mol. The summed E-state index contributed by atoms with van der Waals surface area (Å²) >= 11 is 0. The zero-order valence-corrected chi connectivity index (χ0v) is 17.6. The third-order valence-electron chi connectivity index (χ3n) is 5.67. The van der Waals surface area contributed by atoms with Crippen molar-refractivity contribution in [2.75, 3.05) is 19.5 Å². The zero-order chi connectivity index (χ0) is 21.6. The van der Waals surface area contributed by atoms with Crippen LogP contribution in [0, 0.1) is 25.7 Å². The minimum atomic E-state index is -0.355. The van der Waals surface area contributed by atoms with E-state index in [1.807, 2.05) is 37.6 Å². The second-order valence-electron chi connectivity index (χ2n) is 7.61. The molecule has 3 heterocycles. The van der Waals surface area contributed by atoms with Gasteiger partial charge in [-0.05, 0) is 32.4 Å². The number of methoxy groups -OCH3 is 2. The lowest BCUT2D eigenvalue weighted by molar-refractivity contribution is -0.143. The highest BCUT2D eigenvalue weighted by atomic mass is 16.5. The number of rotatable bonds is 5. The molecule has 0 aromatic carbocycles. The van der Waals surface area contributed by atoms with Gasteiger partial charge in [-0.2, -0.15) is 0 Å². The van der Waals surface area contributed by atoms with E-state index in [-0.39, 0.29) is 23.7 Å². The predicted octanol–water partition coefficient (Wildman–Crippen LogP) is 3.01. The summed E-state index contributed by atoms with van der Waals surface area (Å²) in [5.41, 5.74) is 4.63. The van der Waals surface area contributed by atoms with Crippen LogP contribution in [0.25, 0.3) is 22.2 Å². The SMILES string of the molecule is COC(=O)[C@H]1CC1C(=O)Nc1cc2cc(-c3c(C)ncc(C)c3OC)n(C)c2cn1. The standard InChI is InChI=1S/C22H24N4O4/c1-11-9-23-12(2)19(20(11)29-4)16-6-13-7-18(24-10-17(13)26(16)3)25-21(27)14-8-15(14)22(28)30-5/h6-7,9-10,14-15H,8H2,1-5H3,(H,24,25,27)/t14?,15-/m0/s1. The maximum Gasteiger partial charge on any atom is 0.309 e. The topological polar surface area (TPSA) is 95.3 Å². The van der Waals surface area contributed by atoms with Crippen molar-refractivity contribution < 1.29 is 19.1 Å². The summed E-state index contributed by atoms with van der Waals surface area (Å²) < 4.78 is 12.4. The number of aryl methyl sites for hydroxylation is 3. The fourth-order valence-corrected chi connectivity index (χ4v) is 3.90. The highest BCUT2D eigenvalue weighted by Crippen LogP contribution is 2.40. The van der Waals surface area contributed by atoms with E-state index >= 15 is 0 Å². The Balaban J connectivity index is 1.66. The normalized spacial score (nSPS) is 17.6. The molecule has 1 aliphatic carbocycles. The maximum absolute atomic E-state index is 12.4. The van der Waals surface area contributed by atoms with Crippen LogP contribution in [-0.4, -0.2) is 40.6 Å². The molecule has 1 N–H and O–H groups in total. The largest absolute Gasteiger partial charge is 0.496 e. The lowest BCUT2D eigenvalue weighted by atomic mass is 10.1. The van der Waals surface area contributed by atoms with E-state index < -0.39 is 0 Å². The molecule has 0 radical (unpaired) electrons. The summed E-state index contributed by atoms with van der Waals surface area (Å²) in [6, 6.07) is 3.87. The summed E-state index contributed by atoms with van der Waals surface area (Å²) in [6.07, 6.45) is 4.04. The Kier molecular flexibility index (Phi) is 4.93. The number of esters is 1. The Morgan fingerprint density at radius 3 is 2.60 bits per heavy atom. The van der Waals surface area contributed by atoms with Gasteiger partial charge in [-0.1, -0.05) is 0 Å². The maximum atomic E-state index is 12.4. The van der Waals surface area contributed by atoms with Gasteiger partial charge < -0.3 is 19.4 Å². The molecule has 8 heteroatoms. The molecule has 30 heavy (non-hydrogen) atoms. The number of hydrogen-bond acceptors (Lipinski definition) is 6. The molecule has 1 amide bonds. The molecule has 3 aromatic heterocycles. The molecule has 8 nitrogen and oxygen atoms in total. The molecule has 0 saturated heterocycles. The number of amides is 1. The minimum Gasteiger partial charge on any atom is -0.496 e. The summed E-state index contributed by atoms with van der Waals surface area (Å²) in [5, 5.41) is 3.74. The summed E-state index contributed by atoms with van der Waals surface area (Å²) in [5.74, 6) is -0.0299. The van der Waals surface area contributed by atoms with Gasteiger partial charge in [0.1, 0.15) is 11.6 Å². The summed E-state index contributed by atoms with van der Waals surface area (Å²) in [4.78, 5) is 32.8. The molecule has 1 unspecified atom stereocenters. The highest BCUT2D eigenvalue weighted by molar-refractivity contribution is 5.99. The molecular formula is C22H24N4O4. The van der Waals surface area contributed by atoms with E-state index in [9.17, 15) is 9.59 Å².